The van der Waals surface area contributed by atoms with Crippen molar-refractivity contribution in [3.05, 3.63) is 41.5 Å². The van der Waals surface area contributed by atoms with E-state index in [1.807, 2.05) is 20.8 Å². The second-order valence-electron chi connectivity index (χ2n) is 8.58. The number of halogens is 3. The quantitative estimate of drug-likeness (QED) is 0.649. The van der Waals surface area contributed by atoms with Gasteiger partial charge in [-0.15, -0.1) is 0 Å². The van der Waals surface area contributed by atoms with Crippen LogP contribution in [-0.2, 0) is 15.7 Å². The van der Waals surface area contributed by atoms with Gasteiger partial charge in [-0.3, -0.25) is 4.79 Å². The van der Waals surface area contributed by atoms with Gasteiger partial charge in [-0.05, 0) is 63.3 Å². The first-order valence-electron chi connectivity index (χ1n) is 9.93. The minimum Gasteiger partial charge on any atom is -0.444 e. The Morgan fingerprint density at radius 1 is 1.13 bits per heavy atom. The third-order valence-electron chi connectivity index (χ3n) is 4.82. The van der Waals surface area contributed by atoms with Gasteiger partial charge >= 0.3 is 12.3 Å². The van der Waals surface area contributed by atoms with E-state index in [1.165, 1.54) is 24.3 Å². The van der Waals surface area contributed by atoms with Gasteiger partial charge in [0.2, 0.25) is 5.91 Å². The Kier molecular flexibility index (Phi) is 7.55. The number of carbonyl (C=O) groups excluding carboxylic acids is 2. The van der Waals surface area contributed by atoms with Gasteiger partial charge in [0.15, 0.2) is 0 Å². The molecule has 0 aliphatic carbocycles. The number of carbonyl (C=O) groups is 2. The minimum absolute atomic E-state index is 0.172. The predicted octanol–water partition coefficient (Wildman–Crippen LogP) is 4.82. The highest BCUT2D eigenvalue weighted by molar-refractivity contribution is 5.91. The third kappa shape index (κ3) is 7.39. The average Bonchev–Trinajstić information content (AvgIpc) is 2.65. The number of rotatable bonds is 4. The lowest BCUT2D eigenvalue weighted by Gasteiger charge is -2.34. The van der Waals surface area contributed by atoms with E-state index in [1.54, 1.807) is 16.8 Å². The van der Waals surface area contributed by atoms with Gasteiger partial charge in [0, 0.05) is 32.8 Å². The van der Waals surface area contributed by atoms with E-state index in [4.69, 9.17) is 4.74 Å². The molecule has 1 aromatic rings. The highest BCUT2D eigenvalue weighted by Gasteiger charge is 2.30. The summed E-state index contributed by atoms with van der Waals surface area (Å²) in [5.41, 5.74) is -0.727. The second kappa shape index (κ2) is 9.53. The number of benzene rings is 1. The van der Waals surface area contributed by atoms with E-state index in [0.717, 1.165) is 25.0 Å². The van der Waals surface area contributed by atoms with Gasteiger partial charge in [0.1, 0.15) is 5.60 Å². The zero-order valence-electron chi connectivity index (χ0n) is 17.8. The number of piperidine rings is 1. The van der Waals surface area contributed by atoms with Crippen molar-refractivity contribution in [3.63, 3.8) is 0 Å². The van der Waals surface area contributed by atoms with Crippen molar-refractivity contribution in [2.45, 2.75) is 45.4 Å². The molecule has 0 radical (unpaired) electrons. The lowest BCUT2D eigenvalue weighted by atomic mass is 9.96. The van der Waals surface area contributed by atoms with Gasteiger partial charge in [0.05, 0.1) is 5.56 Å². The predicted molar refractivity (Wildman–Crippen MR) is 109 cm³/mol. The lowest BCUT2D eigenvalue weighted by Crippen LogP contribution is -2.42. The molecule has 0 N–H and O–H groups in total. The smallest absolute Gasteiger partial charge is 0.416 e. The number of likely N-dealkylation sites (tertiary alicyclic amines) is 1. The topological polar surface area (TPSA) is 49.9 Å². The van der Waals surface area contributed by atoms with Crippen molar-refractivity contribution in [2.75, 3.05) is 26.7 Å². The highest BCUT2D eigenvalue weighted by atomic mass is 19.4. The molecule has 2 amide bonds. The molecule has 30 heavy (non-hydrogen) atoms. The molecule has 166 valence electrons. The van der Waals surface area contributed by atoms with Crippen molar-refractivity contribution in [1.29, 1.82) is 0 Å². The van der Waals surface area contributed by atoms with E-state index < -0.39 is 17.3 Å². The van der Waals surface area contributed by atoms with Gasteiger partial charge in [-0.1, -0.05) is 12.1 Å². The van der Waals surface area contributed by atoms with Crippen molar-refractivity contribution in [3.8, 4) is 0 Å². The molecule has 0 saturated carbocycles. The van der Waals surface area contributed by atoms with E-state index in [2.05, 4.69) is 0 Å². The van der Waals surface area contributed by atoms with Crippen LogP contribution in [0.25, 0.3) is 6.08 Å². The van der Waals surface area contributed by atoms with Crippen LogP contribution in [0.15, 0.2) is 30.3 Å². The number of amides is 2. The van der Waals surface area contributed by atoms with Crippen LogP contribution in [0, 0.1) is 5.92 Å². The average molecular weight is 426 g/mol. The number of alkyl halides is 3. The van der Waals surface area contributed by atoms with Crippen LogP contribution in [0.1, 0.15) is 44.7 Å². The van der Waals surface area contributed by atoms with Crippen molar-refractivity contribution in [2.24, 2.45) is 5.92 Å². The summed E-state index contributed by atoms with van der Waals surface area (Å²) in [6.07, 6.45) is -0.291. The summed E-state index contributed by atoms with van der Waals surface area (Å²) in [5.74, 6) is 0.110. The Bertz CT molecular complexity index is 759. The van der Waals surface area contributed by atoms with Crippen molar-refractivity contribution in [1.82, 2.24) is 9.80 Å². The van der Waals surface area contributed by atoms with Crippen LogP contribution in [0.5, 0.6) is 0 Å². The first-order valence-corrected chi connectivity index (χ1v) is 9.93. The Balaban J connectivity index is 1.81. The molecule has 0 spiro atoms. The Labute approximate surface area is 175 Å². The van der Waals surface area contributed by atoms with Gasteiger partial charge in [0.25, 0.3) is 0 Å². The third-order valence-corrected chi connectivity index (χ3v) is 4.82. The van der Waals surface area contributed by atoms with E-state index in [-0.39, 0.29) is 17.9 Å². The van der Waals surface area contributed by atoms with Gasteiger partial charge in [-0.2, -0.15) is 13.2 Å². The fraction of sp³-hybridized carbons (Fsp3) is 0.545. The molecule has 0 atom stereocenters. The molecule has 1 heterocycles. The van der Waals surface area contributed by atoms with Crippen molar-refractivity contribution >= 4 is 18.1 Å². The minimum atomic E-state index is -4.38. The molecule has 8 heteroatoms. The van der Waals surface area contributed by atoms with E-state index in [9.17, 15) is 22.8 Å². The SMILES string of the molecule is CN(CC1CCN(C(=O)/C=C/c2ccc(C(F)(F)F)cc2)CC1)C(=O)OC(C)(C)C. The Hall–Kier alpha value is -2.51. The van der Waals surface area contributed by atoms with Crippen LogP contribution in [0.3, 0.4) is 0 Å². The maximum Gasteiger partial charge on any atom is 0.416 e. The van der Waals surface area contributed by atoms with Gasteiger partial charge in [-0.25, -0.2) is 4.79 Å². The van der Waals surface area contributed by atoms with E-state index in [0.29, 0.717) is 25.2 Å². The largest absolute Gasteiger partial charge is 0.444 e. The van der Waals surface area contributed by atoms with Crippen LogP contribution in [0.2, 0.25) is 0 Å². The summed E-state index contributed by atoms with van der Waals surface area (Å²) < 4.78 is 43.1. The van der Waals surface area contributed by atoms with Gasteiger partial charge < -0.3 is 14.5 Å². The monoisotopic (exact) mass is 426 g/mol. The van der Waals surface area contributed by atoms with E-state index >= 15 is 0 Å². The zero-order chi connectivity index (χ0) is 22.5. The molecule has 2 rings (SSSR count). The summed E-state index contributed by atoms with van der Waals surface area (Å²) in [5, 5.41) is 0. The number of nitrogens with zero attached hydrogens (tertiary/aromatic N) is 2. The number of ether oxygens (including phenoxy) is 1. The second-order valence-corrected chi connectivity index (χ2v) is 8.58. The first-order chi connectivity index (χ1) is 13.8. The summed E-state index contributed by atoms with van der Waals surface area (Å²) in [6, 6.07) is 4.67. The molecule has 1 aliphatic rings. The van der Waals surface area contributed by atoms with Crippen LogP contribution in [-0.4, -0.2) is 54.1 Å². The van der Waals surface area contributed by atoms with Crippen LogP contribution in [0.4, 0.5) is 18.0 Å². The molecular formula is C22H29F3N2O3. The fourth-order valence-electron chi connectivity index (χ4n) is 3.19. The molecule has 1 saturated heterocycles. The molecule has 1 aromatic carbocycles. The zero-order valence-corrected chi connectivity index (χ0v) is 17.8. The molecule has 5 nitrogen and oxygen atoms in total. The summed E-state index contributed by atoms with van der Waals surface area (Å²) in [4.78, 5) is 27.7. The van der Waals surface area contributed by atoms with Crippen LogP contribution >= 0.6 is 0 Å². The fourth-order valence-corrected chi connectivity index (χ4v) is 3.19. The highest BCUT2D eigenvalue weighted by Crippen LogP contribution is 2.29. The first kappa shape index (κ1) is 23.8. The lowest BCUT2D eigenvalue weighted by molar-refractivity contribution is -0.137. The molecule has 0 aromatic heterocycles. The Morgan fingerprint density at radius 3 is 2.20 bits per heavy atom. The molecule has 1 fully saturated rings. The summed E-state index contributed by atoms with van der Waals surface area (Å²) in [6.45, 7) is 7.17. The summed E-state index contributed by atoms with van der Waals surface area (Å²) >= 11 is 0. The molecular weight excluding hydrogens is 397 g/mol. The normalized spacial score (nSPS) is 16.0. The molecule has 0 unspecified atom stereocenters. The number of hydrogen-bond acceptors (Lipinski definition) is 3. The maximum atomic E-state index is 12.6. The molecule has 0 bridgehead atoms. The summed E-state index contributed by atoms with van der Waals surface area (Å²) in [7, 11) is 1.71. The molecule has 1 aliphatic heterocycles. The van der Waals surface area contributed by atoms with Crippen LogP contribution < -0.4 is 0 Å². The Morgan fingerprint density at radius 2 is 1.70 bits per heavy atom. The van der Waals surface area contributed by atoms with Crippen molar-refractivity contribution < 1.29 is 27.5 Å². The standard InChI is InChI=1S/C22H29F3N2O3/c1-21(2,3)30-20(29)26(4)15-17-11-13-27(14-12-17)19(28)10-7-16-5-8-18(9-6-16)22(23,24)25/h5-10,17H,11-15H2,1-4H3/b10-7+. The number of hydrogen-bond donors (Lipinski definition) is 0. The maximum absolute atomic E-state index is 12.6.